The standard InChI is InChI=1S/C10H11NO3/c12-6-9-8-4-2-1-3-7(8)5-11(9)10(13)14/h5-6H,1-4H2,(H,13,14). The molecule has 74 valence electrons. The molecule has 1 aliphatic carbocycles. The molecule has 0 amide bonds. The van der Waals surface area contributed by atoms with Crippen LogP contribution in [0.2, 0.25) is 0 Å². The molecule has 1 aromatic rings. The van der Waals surface area contributed by atoms with Crippen LogP contribution in [0.15, 0.2) is 6.20 Å². The first-order valence-corrected chi connectivity index (χ1v) is 4.65. The van der Waals surface area contributed by atoms with Crippen molar-refractivity contribution in [3.63, 3.8) is 0 Å². The van der Waals surface area contributed by atoms with Gasteiger partial charge in [0.05, 0.1) is 5.69 Å². The highest BCUT2D eigenvalue weighted by molar-refractivity contribution is 5.84. The summed E-state index contributed by atoms with van der Waals surface area (Å²) in [6.07, 6.45) is 4.95. The van der Waals surface area contributed by atoms with Gasteiger partial charge >= 0.3 is 6.09 Å². The van der Waals surface area contributed by atoms with Crippen molar-refractivity contribution in [2.24, 2.45) is 0 Å². The zero-order valence-electron chi connectivity index (χ0n) is 7.69. The number of aryl methyl sites for hydroxylation is 1. The van der Waals surface area contributed by atoms with Gasteiger partial charge < -0.3 is 5.11 Å². The molecular weight excluding hydrogens is 182 g/mol. The Morgan fingerprint density at radius 2 is 2.14 bits per heavy atom. The minimum Gasteiger partial charge on any atom is -0.464 e. The van der Waals surface area contributed by atoms with Crippen molar-refractivity contribution in [2.45, 2.75) is 25.7 Å². The first kappa shape index (κ1) is 8.99. The third-order valence-corrected chi connectivity index (χ3v) is 2.68. The van der Waals surface area contributed by atoms with Crippen molar-refractivity contribution in [3.8, 4) is 0 Å². The van der Waals surface area contributed by atoms with Gasteiger partial charge in [-0.2, -0.15) is 0 Å². The second kappa shape index (κ2) is 3.29. The van der Waals surface area contributed by atoms with Gasteiger partial charge in [0.1, 0.15) is 0 Å². The van der Waals surface area contributed by atoms with E-state index in [2.05, 4.69) is 0 Å². The van der Waals surface area contributed by atoms with E-state index in [9.17, 15) is 9.59 Å². The normalized spacial score (nSPS) is 14.9. The number of carbonyl (C=O) groups excluding carboxylic acids is 1. The average Bonchev–Trinajstić information content (AvgIpc) is 2.56. The van der Waals surface area contributed by atoms with Crippen molar-refractivity contribution in [2.75, 3.05) is 0 Å². The maximum Gasteiger partial charge on any atom is 0.416 e. The van der Waals surface area contributed by atoms with Crippen LogP contribution >= 0.6 is 0 Å². The van der Waals surface area contributed by atoms with Gasteiger partial charge in [0.25, 0.3) is 0 Å². The largest absolute Gasteiger partial charge is 0.464 e. The number of aromatic nitrogens is 1. The van der Waals surface area contributed by atoms with E-state index in [4.69, 9.17) is 5.11 Å². The number of carboxylic acid groups (broad SMARTS) is 1. The summed E-state index contributed by atoms with van der Waals surface area (Å²) in [7, 11) is 0. The number of carbonyl (C=O) groups is 2. The Morgan fingerprint density at radius 3 is 2.79 bits per heavy atom. The van der Waals surface area contributed by atoms with Gasteiger partial charge in [-0.15, -0.1) is 0 Å². The number of hydrogen-bond donors (Lipinski definition) is 1. The molecule has 4 heteroatoms. The lowest BCUT2D eigenvalue weighted by molar-refractivity contribution is 0.111. The third-order valence-electron chi connectivity index (χ3n) is 2.68. The highest BCUT2D eigenvalue weighted by atomic mass is 16.4. The van der Waals surface area contributed by atoms with Crippen molar-refractivity contribution in [3.05, 3.63) is 23.0 Å². The fourth-order valence-corrected chi connectivity index (χ4v) is 2.02. The Morgan fingerprint density at radius 1 is 1.43 bits per heavy atom. The van der Waals surface area contributed by atoms with Crippen LogP contribution in [0.1, 0.15) is 34.5 Å². The molecule has 0 aromatic carbocycles. The Bertz CT molecular complexity index is 392. The fraction of sp³-hybridized carbons (Fsp3) is 0.400. The molecule has 0 saturated carbocycles. The molecule has 4 nitrogen and oxygen atoms in total. The first-order valence-electron chi connectivity index (χ1n) is 4.65. The monoisotopic (exact) mass is 193 g/mol. The lowest BCUT2D eigenvalue weighted by Crippen LogP contribution is -2.10. The fourth-order valence-electron chi connectivity index (χ4n) is 2.02. The summed E-state index contributed by atoms with van der Waals surface area (Å²) in [5, 5.41) is 8.85. The number of aldehydes is 1. The van der Waals surface area contributed by atoms with Gasteiger partial charge in [-0.05, 0) is 36.8 Å². The van der Waals surface area contributed by atoms with Crippen LogP contribution in [-0.2, 0) is 12.8 Å². The van der Waals surface area contributed by atoms with E-state index in [0.29, 0.717) is 12.0 Å². The third kappa shape index (κ3) is 1.23. The second-order valence-corrected chi connectivity index (χ2v) is 3.50. The van der Waals surface area contributed by atoms with E-state index < -0.39 is 6.09 Å². The van der Waals surface area contributed by atoms with Crippen LogP contribution in [0.25, 0.3) is 0 Å². The summed E-state index contributed by atoms with van der Waals surface area (Å²) in [5.74, 6) is 0. The molecule has 14 heavy (non-hydrogen) atoms. The van der Waals surface area contributed by atoms with Gasteiger partial charge in [0, 0.05) is 6.20 Å². The highest BCUT2D eigenvalue weighted by Gasteiger charge is 2.20. The van der Waals surface area contributed by atoms with Crippen LogP contribution in [0.5, 0.6) is 0 Å². The Kier molecular flexibility index (Phi) is 2.11. The van der Waals surface area contributed by atoms with Crippen LogP contribution < -0.4 is 0 Å². The van der Waals surface area contributed by atoms with Crippen molar-refractivity contribution < 1.29 is 14.7 Å². The molecule has 0 aliphatic heterocycles. The maximum absolute atomic E-state index is 10.8. The molecule has 0 unspecified atom stereocenters. The molecule has 1 aromatic heterocycles. The van der Waals surface area contributed by atoms with Gasteiger partial charge in [-0.3, -0.25) is 4.79 Å². The number of nitrogens with zero attached hydrogens (tertiary/aromatic N) is 1. The number of fused-ring (bicyclic) bond motifs is 1. The van der Waals surface area contributed by atoms with Crippen molar-refractivity contribution in [1.82, 2.24) is 4.57 Å². The predicted molar refractivity (Wildman–Crippen MR) is 49.9 cm³/mol. The van der Waals surface area contributed by atoms with E-state index in [1.807, 2.05) is 0 Å². The molecule has 2 rings (SSSR count). The molecule has 0 spiro atoms. The summed E-state index contributed by atoms with van der Waals surface area (Å²) in [5.41, 5.74) is 2.25. The highest BCUT2D eigenvalue weighted by Crippen LogP contribution is 2.25. The van der Waals surface area contributed by atoms with Gasteiger partial charge in [0.2, 0.25) is 0 Å². The van der Waals surface area contributed by atoms with Crippen molar-refractivity contribution in [1.29, 1.82) is 0 Å². The molecule has 0 fully saturated rings. The maximum atomic E-state index is 10.8. The Labute approximate surface area is 81.2 Å². The molecular formula is C10H11NO3. The van der Waals surface area contributed by atoms with Gasteiger partial charge in [0.15, 0.2) is 6.29 Å². The molecule has 0 radical (unpaired) electrons. The zero-order valence-corrected chi connectivity index (χ0v) is 7.69. The van der Waals surface area contributed by atoms with E-state index >= 15 is 0 Å². The number of hydrogen-bond acceptors (Lipinski definition) is 2. The molecule has 1 aliphatic rings. The first-order chi connectivity index (χ1) is 6.74. The Hall–Kier alpha value is -1.58. The number of rotatable bonds is 1. The van der Waals surface area contributed by atoms with E-state index in [0.717, 1.165) is 41.4 Å². The van der Waals surface area contributed by atoms with E-state index in [1.54, 1.807) is 6.20 Å². The summed E-state index contributed by atoms with van der Waals surface area (Å²) >= 11 is 0. The van der Waals surface area contributed by atoms with Crippen LogP contribution in [0.3, 0.4) is 0 Å². The summed E-state index contributed by atoms with van der Waals surface area (Å²) in [6.45, 7) is 0. The summed E-state index contributed by atoms with van der Waals surface area (Å²) < 4.78 is 1.03. The molecule has 0 bridgehead atoms. The smallest absolute Gasteiger partial charge is 0.416 e. The lowest BCUT2D eigenvalue weighted by Gasteiger charge is -2.10. The van der Waals surface area contributed by atoms with E-state index in [1.165, 1.54) is 0 Å². The lowest BCUT2D eigenvalue weighted by atomic mass is 9.94. The SMILES string of the molecule is O=Cc1c2c(cn1C(=O)O)CCCC2. The van der Waals surface area contributed by atoms with Crippen LogP contribution in [0.4, 0.5) is 4.79 Å². The van der Waals surface area contributed by atoms with Crippen LogP contribution in [-0.4, -0.2) is 22.1 Å². The quantitative estimate of drug-likeness (QED) is 0.690. The second-order valence-electron chi connectivity index (χ2n) is 3.50. The summed E-state index contributed by atoms with van der Waals surface area (Å²) in [6, 6.07) is 0. The predicted octanol–water partition coefficient (Wildman–Crippen LogP) is 1.71. The summed E-state index contributed by atoms with van der Waals surface area (Å²) in [4.78, 5) is 21.6. The topological polar surface area (TPSA) is 59.3 Å². The van der Waals surface area contributed by atoms with Crippen molar-refractivity contribution >= 4 is 12.4 Å². The van der Waals surface area contributed by atoms with Gasteiger partial charge in [-0.1, -0.05) is 0 Å². The van der Waals surface area contributed by atoms with Crippen LogP contribution in [0, 0.1) is 0 Å². The van der Waals surface area contributed by atoms with Gasteiger partial charge in [-0.25, -0.2) is 9.36 Å². The molecule has 0 atom stereocenters. The molecule has 1 heterocycles. The zero-order chi connectivity index (χ0) is 10.1. The van der Waals surface area contributed by atoms with E-state index in [-0.39, 0.29) is 0 Å². The minimum absolute atomic E-state index is 0.312. The molecule has 0 saturated heterocycles. The average molecular weight is 193 g/mol. The molecule has 1 N–H and O–H groups in total. The Balaban J connectivity index is 2.57. The minimum atomic E-state index is -1.08.